The van der Waals surface area contributed by atoms with Gasteiger partial charge in [-0.25, -0.2) is 0 Å². The van der Waals surface area contributed by atoms with Crippen molar-refractivity contribution in [2.24, 2.45) is 0 Å². The van der Waals surface area contributed by atoms with Crippen LogP contribution in [-0.2, 0) is 11.2 Å². The number of carbonyl (C=O) groups excluding carboxylic acids is 1. The molecular formula is C19H26N2O3. The summed E-state index contributed by atoms with van der Waals surface area (Å²) >= 11 is 0. The fraction of sp³-hybridized carbons (Fsp3) is 0.632. The van der Waals surface area contributed by atoms with Crippen LogP contribution in [0.15, 0.2) is 18.2 Å². The molecular weight excluding hydrogens is 304 g/mol. The molecule has 2 fully saturated rings. The second-order valence-electron chi connectivity index (χ2n) is 7.08. The zero-order valence-electron chi connectivity index (χ0n) is 14.2. The average molecular weight is 330 g/mol. The van der Waals surface area contributed by atoms with Crippen LogP contribution < -0.4 is 9.47 Å². The number of likely N-dealkylation sites (tertiary alicyclic amines) is 2. The number of nitrogens with zero attached hydrogens (tertiary/aromatic N) is 2. The van der Waals surface area contributed by atoms with E-state index in [9.17, 15) is 4.79 Å². The van der Waals surface area contributed by atoms with E-state index in [1.54, 1.807) is 0 Å². The molecule has 0 aliphatic carbocycles. The number of rotatable bonds is 5. The maximum atomic E-state index is 12.7. The summed E-state index contributed by atoms with van der Waals surface area (Å²) in [6.07, 6.45) is 6.27. The molecule has 3 heterocycles. The fourth-order valence-electron chi connectivity index (χ4n) is 4.11. The highest BCUT2D eigenvalue weighted by atomic mass is 16.7. The van der Waals surface area contributed by atoms with Crippen molar-refractivity contribution < 1.29 is 14.3 Å². The van der Waals surface area contributed by atoms with Crippen molar-refractivity contribution >= 4 is 5.91 Å². The number of fused-ring (bicyclic) bond motifs is 1. The first kappa shape index (κ1) is 15.8. The van der Waals surface area contributed by atoms with Gasteiger partial charge in [0, 0.05) is 25.6 Å². The monoisotopic (exact) mass is 330 g/mol. The minimum atomic E-state index is 0.295. The third kappa shape index (κ3) is 3.36. The first-order valence-corrected chi connectivity index (χ1v) is 9.20. The van der Waals surface area contributed by atoms with Crippen molar-refractivity contribution in [1.29, 1.82) is 0 Å². The van der Waals surface area contributed by atoms with Crippen LogP contribution in [0.5, 0.6) is 11.5 Å². The van der Waals surface area contributed by atoms with E-state index >= 15 is 0 Å². The molecule has 0 saturated carbocycles. The molecule has 4 rings (SSSR count). The second kappa shape index (κ2) is 7.01. The SMILES string of the molecule is O=C(CCc1ccc2c(c1)OCO2)N1CCCC1CN1CCCC1. The van der Waals surface area contributed by atoms with Crippen molar-refractivity contribution in [1.82, 2.24) is 9.80 Å². The van der Waals surface area contributed by atoms with Gasteiger partial charge in [-0.15, -0.1) is 0 Å². The van der Waals surface area contributed by atoms with Crippen LogP contribution in [0.1, 0.15) is 37.7 Å². The molecule has 130 valence electrons. The lowest BCUT2D eigenvalue weighted by molar-refractivity contribution is -0.132. The number of hydrogen-bond acceptors (Lipinski definition) is 4. The lowest BCUT2D eigenvalue weighted by Crippen LogP contribution is -2.42. The van der Waals surface area contributed by atoms with Crippen LogP contribution in [0.3, 0.4) is 0 Å². The Hall–Kier alpha value is -1.75. The Morgan fingerprint density at radius 1 is 1.08 bits per heavy atom. The van der Waals surface area contributed by atoms with Crippen molar-refractivity contribution in [2.75, 3.05) is 33.0 Å². The summed E-state index contributed by atoms with van der Waals surface area (Å²) in [5, 5.41) is 0. The first-order chi connectivity index (χ1) is 11.8. The van der Waals surface area contributed by atoms with Crippen LogP contribution in [0.4, 0.5) is 0 Å². The molecule has 1 atom stereocenters. The molecule has 0 bridgehead atoms. The Bertz CT molecular complexity index is 598. The maximum absolute atomic E-state index is 12.7. The minimum absolute atomic E-state index is 0.295. The molecule has 1 amide bonds. The van der Waals surface area contributed by atoms with E-state index in [1.165, 1.54) is 25.9 Å². The van der Waals surface area contributed by atoms with Gasteiger partial charge in [0.15, 0.2) is 11.5 Å². The van der Waals surface area contributed by atoms with Gasteiger partial charge in [-0.2, -0.15) is 0 Å². The van der Waals surface area contributed by atoms with Crippen LogP contribution in [0.2, 0.25) is 0 Å². The van der Waals surface area contributed by atoms with E-state index in [0.717, 1.165) is 49.4 Å². The summed E-state index contributed by atoms with van der Waals surface area (Å²) < 4.78 is 10.7. The molecule has 2 saturated heterocycles. The lowest BCUT2D eigenvalue weighted by Gasteiger charge is -2.28. The van der Waals surface area contributed by atoms with Crippen molar-refractivity contribution in [3.63, 3.8) is 0 Å². The summed E-state index contributed by atoms with van der Waals surface area (Å²) in [6, 6.07) is 6.40. The van der Waals surface area contributed by atoms with Gasteiger partial charge in [-0.3, -0.25) is 4.79 Å². The molecule has 24 heavy (non-hydrogen) atoms. The normalized spacial score (nSPS) is 23.2. The van der Waals surface area contributed by atoms with Gasteiger partial charge in [-0.05, 0) is 62.9 Å². The number of aryl methyl sites for hydroxylation is 1. The van der Waals surface area contributed by atoms with Gasteiger partial charge in [-0.1, -0.05) is 6.07 Å². The quantitative estimate of drug-likeness (QED) is 0.832. The summed E-state index contributed by atoms with van der Waals surface area (Å²) in [4.78, 5) is 17.3. The Kier molecular flexibility index (Phi) is 4.60. The zero-order valence-corrected chi connectivity index (χ0v) is 14.2. The number of carbonyl (C=O) groups is 1. The number of ether oxygens (including phenoxy) is 2. The molecule has 0 spiro atoms. The molecule has 1 aromatic carbocycles. The predicted molar refractivity (Wildman–Crippen MR) is 91.3 cm³/mol. The largest absolute Gasteiger partial charge is 0.454 e. The van der Waals surface area contributed by atoms with Crippen LogP contribution >= 0.6 is 0 Å². The van der Waals surface area contributed by atoms with Gasteiger partial charge in [0.2, 0.25) is 12.7 Å². The summed E-state index contributed by atoms with van der Waals surface area (Å²) in [5.74, 6) is 1.90. The van der Waals surface area contributed by atoms with Gasteiger partial charge < -0.3 is 19.3 Å². The molecule has 5 heteroatoms. The van der Waals surface area contributed by atoms with Crippen LogP contribution in [0.25, 0.3) is 0 Å². The Morgan fingerprint density at radius 3 is 2.79 bits per heavy atom. The van der Waals surface area contributed by atoms with E-state index < -0.39 is 0 Å². The zero-order chi connectivity index (χ0) is 16.4. The summed E-state index contributed by atoms with van der Waals surface area (Å²) in [6.45, 7) is 4.70. The van der Waals surface area contributed by atoms with Gasteiger partial charge in [0.25, 0.3) is 0 Å². The van der Waals surface area contributed by atoms with Crippen molar-refractivity contribution in [2.45, 2.75) is 44.6 Å². The van der Waals surface area contributed by atoms with Crippen molar-refractivity contribution in [3.8, 4) is 11.5 Å². The number of amides is 1. The summed E-state index contributed by atoms with van der Waals surface area (Å²) in [7, 11) is 0. The van der Waals surface area contributed by atoms with Crippen LogP contribution in [0, 0.1) is 0 Å². The fourth-order valence-corrected chi connectivity index (χ4v) is 4.11. The highest BCUT2D eigenvalue weighted by molar-refractivity contribution is 5.77. The third-order valence-corrected chi connectivity index (χ3v) is 5.43. The second-order valence-corrected chi connectivity index (χ2v) is 7.08. The van der Waals surface area contributed by atoms with Gasteiger partial charge in [0.1, 0.15) is 0 Å². The van der Waals surface area contributed by atoms with E-state index in [-0.39, 0.29) is 0 Å². The van der Waals surface area contributed by atoms with E-state index in [4.69, 9.17) is 9.47 Å². The molecule has 3 aliphatic heterocycles. The third-order valence-electron chi connectivity index (χ3n) is 5.43. The molecule has 0 radical (unpaired) electrons. The molecule has 1 aromatic rings. The van der Waals surface area contributed by atoms with Crippen molar-refractivity contribution in [3.05, 3.63) is 23.8 Å². The van der Waals surface area contributed by atoms with E-state index in [2.05, 4.69) is 9.80 Å². The van der Waals surface area contributed by atoms with Gasteiger partial charge >= 0.3 is 0 Å². The molecule has 5 nitrogen and oxygen atoms in total. The minimum Gasteiger partial charge on any atom is -0.454 e. The molecule has 1 unspecified atom stereocenters. The van der Waals surface area contributed by atoms with Gasteiger partial charge in [0.05, 0.1) is 0 Å². The average Bonchev–Trinajstić information content (AvgIpc) is 3.34. The molecule has 3 aliphatic rings. The Balaban J connectivity index is 1.31. The Morgan fingerprint density at radius 2 is 1.92 bits per heavy atom. The summed E-state index contributed by atoms with van der Waals surface area (Å²) in [5.41, 5.74) is 1.14. The smallest absolute Gasteiger partial charge is 0.231 e. The van der Waals surface area contributed by atoms with Crippen LogP contribution in [-0.4, -0.2) is 54.7 Å². The highest BCUT2D eigenvalue weighted by Crippen LogP contribution is 2.33. The molecule has 0 aromatic heterocycles. The number of hydrogen-bond donors (Lipinski definition) is 0. The van der Waals surface area contributed by atoms with E-state index in [0.29, 0.717) is 25.2 Å². The highest BCUT2D eigenvalue weighted by Gasteiger charge is 2.30. The number of benzene rings is 1. The predicted octanol–water partition coefficient (Wildman–Crippen LogP) is 2.43. The lowest BCUT2D eigenvalue weighted by atomic mass is 10.1. The topological polar surface area (TPSA) is 42.0 Å². The van der Waals surface area contributed by atoms with E-state index in [1.807, 2.05) is 18.2 Å². The Labute approximate surface area is 143 Å². The molecule has 0 N–H and O–H groups in total. The first-order valence-electron chi connectivity index (χ1n) is 9.20. The maximum Gasteiger partial charge on any atom is 0.231 e. The standard InChI is InChI=1S/C19H26N2O3/c22-19(8-6-15-5-7-17-18(12-15)24-14-23-17)21-11-3-4-16(21)13-20-9-1-2-10-20/h5,7,12,16H,1-4,6,8-11,13-14H2.